The van der Waals surface area contributed by atoms with Gasteiger partial charge in [-0.15, -0.1) is 0 Å². The average Bonchev–Trinajstić information content (AvgIpc) is 2.38. The summed E-state index contributed by atoms with van der Waals surface area (Å²) in [5, 5.41) is 9.19. The highest BCUT2D eigenvalue weighted by Gasteiger charge is 2.01. The fourth-order valence-electron chi connectivity index (χ4n) is 1.54. The average molecular weight is 230 g/mol. The summed E-state index contributed by atoms with van der Waals surface area (Å²) >= 11 is 0. The van der Waals surface area contributed by atoms with Gasteiger partial charge in [0.05, 0.1) is 5.52 Å². The number of pyridine rings is 1. The maximum absolute atomic E-state index is 11.2. The van der Waals surface area contributed by atoms with Crippen LogP contribution in [0.25, 0.3) is 10.9 Å². The summed E-state index contributed by atoms with van der Waals surface area (Å²) < 4.78 is 0. The number of fused-ring (bicyclic) bond motifs is 1. The SMILES string of the molecule is CNC(=O)Nc1ccc2nc(NC)ccc2c1. The Labute approximate surface area is 99.2 Å². The summed E-state index contributed by atoms with van der Waals surface area (Å²) in [4.78, 5) is 15.6. The molecule has 1 aromatic carbocycles. The molecule has 5 heteroatoms. The molecule has 0 fully saturated rings. The van der Waals surface area contributed by atoms with Crippen molar-refractivity contribution in [3.05, 3.63) is 30.3 Å². The molecule has 0 aliphatic carbocycles. The highest BCUT2D eigenvalue weighted by atomic mass is 16.2. The van der Waals surface area contributed by atoms with Crippen LogP contribution in [0, 0.1) is 0 Å². The second kappa shape index (κ2) is 4.69. The smallest absolute Gasteiger partial charge is 0.318 e. The van der Waals surface area contributed by atoms with E-state index in [0.717, 1.165) is 22.4 Å². The number of aromatic nitrogens is 1. The van der Waals surface area contributed by atoms with E-state index in [1.165, 1.54) is 0 Å². The molecule has 1 heterocycles. The second-order valence-corrected chi connectivity index (χ2v) is 3.56. The first-order chi connectivity index (χ1) is 8.22. The number of carbonyl (C=O) groups is 1. The van der Waals surface area contributed by atoms with Crippen molar-refractivity contribution in [3.8, 4) is 0 Å². The van der Waals surface area contributed by atoms with Gasteiger partial charge in [-0.1, -0.05) is 0 Å². The van der Waals surface area contributed by atoms with Gasteiger partial charge < -0.3 is 16.0 Å². The summed E-state index contributed by atoms with van der Waals surface area (Å²) in [7, 11) is 3.41. The highest BCUT2D eigenvalue weighted by molar-refractivity contribution is 5.92. The summed E-state index contributed by atoms with van der Waals surface area (Å²) in [6.45, 7) is 0. The van der Waals surface area contributed by atoms with Crippen LogP contribution in [0.2, 0.25) is 0 Å². The minimum atomic E-state index is -0.232. The Balaban J connectivity index is 2.34. The minimum absolute atomic E-state index is 0.232. The van der Waals surface area contributed by atoms with E-state index in [9.17, 15) is 4.79 Å². The molecule has 0 aliphatic heterocycles. The molecule has 0 saturated heterocycles. The van der Waals surface area contributed by atoms with Crippen LogP contribution in [0.5, 0.6) is 0 Å². The van der Waals surface area contributed by atoms with E-state index in [0.29, 0.717) is 0 Å². The Hall–Kier alpha value is -2.30. The maximum Gasteiger partial charge on any atom is 0.318 e. The molecule has 17 heavy (non-hydrogen) atoms. The van der Waals surface area contributed by atoms with Crippen LogP contribution in [0.1, 0.15) is 0 Å². The van der Waals surface area contributed by atoms with Crippen LogP contribution in [0.15, 0.2) is 30.3 Å². The number of amides is 2. The van der Waals surface area contributed by atoms with Crippen molar-refractivity contribution in [3.63, 3.8) is 0 Å². The Morgan fingerprint density at radius 2 is 2.00 bits per heavy atom. The molecule has 0 unspecified atom stereocenters. The molecule has 0 bridgehead atoms. The minimum Gasteiger partial charge on any atom is -0.373 e. The van der Waals surface area contributed by atoms with Crippen molar-refractivity contribution in [1.82, 2.24) is 10.3 Å². The van der Waals surface area contributed by atoms with Crippen molar-refractivity contribution in [2.75, 3.05) is 24.7 Å². The van der Waals surface area contributed by atoms with Crippen LogP contribution in [0.3, 0.4) is 0 Å². The third-order valence-electron chi connectivity index (χ3n) is 2.43. The van der Waals surface area contributed by atoms with Crippen LogP contribution in [-0.4, -0.2) is 25.1 Å². The van der Waals surface area contributed by atoms with Gasteiger partial charge in [0.1, 0.15) is 5.82 Å². The molecule has 1 aromatic heterocycles. The normalized spacial score (nSPS) is 10.0. The van der Waals surface area contributed by atoms with Gasteiger partial charge in [0, 0.05) is 25.2 Å². The molecule has 3 N–H and O–H groups in total. The standard InChI is InChI=1S/C12H14N4O/c1-13-11-6-3-8-7-9(15-12(17)14-2)4-5-10(8)16-11/h3-7H,1-2H3,(H,13,16)(H2,14,15,17). The van der Waals surface area contributed by atoms with Crippen LogP contribution < -0.4 is 16.0 Å². The van der Waals surface area contributed by atoms with Crippen molar-refractivity contribution in [1.29, 1.82) is 0 Å². The third-order valence-corrected chi connectivity index (χ3v) is 2.43. The first-order valence-corrected chi connectivity index (χ1v) is 5.30. The topological polar surface area (TPSA) is 66.0 Å². The van der Waals surface area contributed by atoms with E-state index in [4.69, 9.17) is 0 Å². The molecule has 0 atom stereocenters. The molecule has 0 saturated carbocycles. The number of benzene rings is 1. The zero-order chi connectivity index (χ0) is 12.3. The maximum atomic E-state index is 11.2. The lowest BCUT2D eigenvalue weighted by atomic mass is 10.2. The summed E-state index contributed by atoms with van der Waals surface area (Å²) in [6, 6.07) is 9.21. The van der Waals surface area contributed by atoms with Gasteiger partial charge in [0.25, 0.3) is 0 Å². The van der Waals surface area contributed by atoms with E-state index < -0.39 is 0 Å². The van der Waals surface area contributed by atoms with E-state index >= 15 is 0 Å². The fourth-order valence-corrected chi connectivity index (χ4v) is 1.54. The number of carbonyl (C=O) groups excluding carboxylic acids is 1. The van der Waals surface area contributed by atoms with Gasteiger partial charge in [-0.2, -0.15) is 0 Å². The van der Waals surface area contributed by atoms with Crippen molar-refractivity contribution >= 4 is 28.4 Å². The fraction of sp³-hybridized carbons (Fsp3) is 0.167. The van der Waals surface area contributed by atoms with E-state index in [2.05, 4.69) is 20.9 Å². The lowest BCUT2D eigenvalue weighted by molar-refractivity contribution is 0.254. The molecular formula is C12H14N4O. The van der Waals surface area contributed by atoms with Gasteiger partial charge in [0.15, 0.2) is 0 Å². The molecule has 0 aliphatic rings. The number of nitrogens with one attached hydrogen (secondary N) is 3. The zero-order valence-electron chi connectivity index (χ0n) is 9.74. The highest BCUT2D eigenvalue weighted by Crippen LogP contribution is 2.19. The molecule has 2 amide bonds. The van der Waals surface area contributed by atoms with Gasteiger partial charge in [0.2, 0.25) is 0 Å². The summed E-state index contributed by atoms with van der Waals surface area (Å²) in [6.07, 6.45) is 0. The molecule has 88 valence electrons. The monoisotopic (exact) mass is 230 g/mol. The molecule has 2 rings (SSSR count). The molecule has 5 nitrogen and oxygen atoms in total. The first-order valence-electron chi connectivity index (χ1n) is 5.30. The lowest BCUT2D eigenvalue weighted by Crippen LogP contribution is -2.24. The predicted octanol–water partition coefficient (Wildman–Crippen LogP) is 2.03. The van der Waals surface area contributed by atoms with E-state index in [1.807, 2.05) is 37.4 Å². The van der Waals surface area contributed by atoms with E-state index in [-0.39, 0.29) is 6.03 Å². The second-order valence-electron chi connectivity index (χ2n) is 3.56. The molecule has 0 spiro atoms. The predicted molar refractivity (Wildman–Crippen MR) is 69.4 cm³/mol. The zero-order valence-corrected chi connectivity index (χ0v) is 9.74. The number of hydrogen-bond acceptors (Lipinski definition) is 3. The number of anilines is 2. The largest absolute Gasteiger partial charge is 0.373 e. The summed E-state index contributed by atoms with van der Waals surface area (Å²) in [5.74, 6) is 0.824. The van der Waals surface area contributed by atoms with Gasteiger partial charge in [-0.25, -0.2) is 9.78 Å². The number of hydrogen-bond donors (Lipinski definition) is 3. The van der Waals surface area contributed by atoms with E-state index in [1.54, 1.807) is 7.05 Å². The van der Waals surface area contributed by atoms with Crippen molar-refractivity contribution in [2.45, 2.75) is 0 Å². The van der Waals surface area contributed by atoms with Gasteiger partial charge in [-0.05, 0) is 30.3 Å². The summed E-state index contributed by atoms with van der Waals surface area (Å²) in [5.41, 5.74) is 1.63. The van der Waals surface area contributed by atoms with Gasteiger partial charge >= 0.3 is 6.03 Å². The molecule has 0 radical (unpaired) electrons. The first kappa shape index (κ1) is 11.2. The van der Waals surface area contributed by atoms with Gasteiger partial charge in [-0.3, -0.25) is 0 Å². The van der Waals surface area contributed by atoms with Crippen molar-refractivity contribution < 1.29 is 4.79 Å². The quantitative estimate of drug-likeness (QED) is 0.739. The third kappa shape index (κ3) is 2.44. The molecular weight excluding hydrogens is 216 g/mol. The Morgan fingerprint density at radius 1 is 1.18 bits per heavy atom. The Kier molecular flexibility index (Phi) is 3.09. The Morgan fingerprint density at radius 3 is 2.71 bits per heavy atom. The number of nitrogens with zero attached hydrogens (tertiary/aromatic N) is 1. The lowest BCUT2D eigenvalue weighted by Gasteiger charge is -2.06. The number of rotatable bonds is 2. The molecule has 2 aromatic rings. The van der Waals surface area contributed by atoms with Crippen LogP contribution >= 0.6 is 0 Å². The number of urea groups is 1. The van der Waals surface area contributed by atoms with Crippen LogP contribution in [-0.2, 0) is 0 Å². The Bertz CT molecular complexity index is 553. The van der Waals surface area contributed by atoms with Crippen molar-refractivity contribution in [2.24, 2.45) is 0 Å². The van der Waals surface area contributed by atoms with Crippen LogP contribution in [0.4, 0.5) is 16.3 Å².